The number of phenols is 2. The molecule has 1 heterocycles. The Bertz CT molecular complexity index is 1110. The molecule has 5 heteroatoms. The van der Waals surface area contributed by atoms with Crippen molar-refractivity contribution in [3.63, 3.8) is 0 Å². The molecular formula is C29H33NO4. The molecule has 0 bridgehead atoms. The van der Waals surface area contributed by atoms with Gasteiger partial charge in [0.15, 0.2) is 0 Å². The van der Waals surface area contributed by atoms with Crippen LogP contribution < -0.4 is 4.90 Å². The number of aliphatic hydroxyl groups excluding tert-OH is 1. The Morgan fingerprint density at radius 1 is 0.882 bits per heavy atom. The summed E-state index contributed by atoms with van der Waals surface area (Å²) in [5, 5.41) is 31.2. The fourth-order valence-corrected chi connectivity index (χ4v) is 4.87. The van der Waals surface area contributed by atoms with Crippen molar-refractivity contribution in [2.75, 3.05) is 4.90 Å². The van der Waals surface area contributed by atoms with Crippen LogP contribution >= 0.6 is 0 Å². The van der Waals surface area contributed by atoms with Crippen LogP contribution in [-0.4, -0.2) is 27.3 Å². The summed E-state index contributed by atoms with van der Waals surface area (Å²) in [5.41, 5.74) is 3.08. The van der Waals surface area contributed by atoms with Gasteiger partial charge in [0.1, 0.15) is 11.5 Å². The van der Waals surface area contributed by atoms with Gasteiger partial charge in [0.05, 0.1) is 18.1 Å². The minimum atomic E-state index is -0.410. The van der Waals surface area contributed by atoms with Gasteiger partial charge in [-0.15, -0.1) is 0 Å². The van der Waals surface area contributed by atoms with Crippen molar-refractivity contribution >= 4 is 11.6 Å². The molecule has 3 aromatic carbocycles. The largest absolute Gasteiger partial charge is 0.508 e. The minimum absolute atomic E-state index is 0.0217. The highest BCUT2D eigenvalue weighted by atomic mass is 16.3. The van der Waals surface area contributed by atoms with Crippen LogP contribution in [0.25, 0.3) is 11.1 Å². The van der Waals surface area contributed by atoms with Gasteiger partial charge < -0.3 is 20.2 Å². The number of aliphatic hydroxyl groups is 1. The number of anilines is 1. The number of aromatic hydroxyl groups is 2. The maximum atomic E-state index is 13.2. The first kappa shape index (κ1) is 23.8. The maximum Gasteiger partial charge on any atom is 0.233 e. The third-order valence-electron chi connectivity index (χ3n) is 6.73. The Morgan fingerprint density at radius 3 is 2.35 bits per heavy atom. The number of carbonyl (C=O) groups is 1. The average molecular weight is 460 g/mol. The number of amides is 1. The van der Waals surface area contributed by atoms with Crippen LogP contribution in [0.15, 0.2) is 72.8 Å². The van der Waals surface area contributed by atoms with Gasteiger partial charge in [0, 0.05) is 11.3 Å². The zero-order chi connectivity index (χ0) is 24.1. The van der Waals surface area contributed by atoms with Gasteiger partial charge >= 0.3 is 0 Å². The van der Waals surface area contributed by atoms with Crippen LogP contribution in [0.1, 0.15) is 57.1 Å². The van der Waals surface area contributed by atoms with Gasteiger partial charge in [-0.25, -0.2) is 0 Å². The molecule has 3 atom stereocenters. The number of carbonyl (C=O) groups excluding carboxylic acids is 1. The molecule has 1 aliphatic rings. The summed E-state index contributed by atoms with van der Waals surface area (Å²) >= 11 is 0. The topological polar surface area (TPSA) is 81.0 Å². The van der Waals surface area contributed by atoms with Gasteiger partial charge in [-0.3, -0.25) is 4.79 Å². The molecule has 0 saturated carbocycles. The first-order valence-electron chi connectivity index (χ1n) is 12.2. The summed E-state index contributed by atoms with van der Waals surface area (Å²) in [5.74, 6) is 0.0122. The van der Waals surface area contributed by atoms with Crippen LogP contribution in [0.5, 0.6) is 11.5 Å². The summed E-state index contributed by atoms with van der Waals surface area (Å²) < 4.78 is 0. The van der Waals surface area contributed by atoms with E-state index in [2.05, 4.69) is 6.92 Å². The lowest BCUT2D eigenvalue weighted by Gasteiger charge is -2.48. The second-order valence-corrected chi connectivity index (χ2v) is 9.15. The molecule has 1 saturated heterocycles. The number of rotatable bonds is 10. The normalized spacial score (nSPS) is 18.5. The molecule has 1 amide bonds. The minimum Gasteiger partial charge on any atom is -0.508 e. The SMILES string of the molecule is CCCCC[C@H](O)CC[C@H]1C(=O)N(c2ccccc2)[C@@H]1c1ccc(-c2cccc(O)c2)cc1O. The number of β-lactam (4-membered cyclic amide) rings is 1. The van der Waals surface area contributed by atoms with E-state index in [0.717, 1.165) is 42.5 Å². The highest BCUT2D eigenvalue weighted by Crippen LogP contribution is 2.48. The lowest BCUT2D eigenvalue weighted by atomic mass is 9.77. The molecule has 178 valence electrons. The van der Waals surface area contributed by atoms with Gasteiger partial charge in [-0.05, 0) is 60.7 Å². The molecule has 0 aliphatic carbocycles. The lowest BCUT2D eigenvalue weighted by Crippen LogP contribution is -2.55. The Kier molecular flexibility index (Phi) is 7.53. The van der Waals surface area contributed by atoms with Crippen LogP contribution in [0.3, 0.4) is 0 Å². The third kappa shape index (κ3) is 5.10. The average Bonchev–Trinajstić information content (AvgIpc) is 2.83. The lowest BCUT2D eigenvalue weighted by molar-refractivity contribution is -0.131. The van der Waals surface area contributed by atoms with Crippen molar-refractivity contribution in [2.24, 2.45) is 5.92 Å². The number of hydrogen-bond acceptors (Lipinski definition) is 4. The van der Waals surface area contributed by atoms with E-state index in [1.54, 1.807) is 29.2 Å². The van der Waals surface area contributed by atoms with Gasteiger partial charge in [0.25, 0.3) is 0 Å². The smallest absolute Gasteiger partial charge is 0.233 e. The van der Waals surface area contributed by atoms with Crippen LogP contribution in [0.4, 0.5) is 5.69 Å². The molecule has 4 rings (SSSR count). The quantitative estimate of drug-likeness (QED) is 0.249. The fourth-order valence-electron chi connectivity index (χ4n) is 4.87. The first-order valence-corrected chi connectivity index (χ1v) is 12.2. The van der Waals surface area contributed by atoms with Crippen molar-refractivity contribution in [3.05, 3.63) is 78.4 Å². The molecule has 0 radical (unpaired) electrons. The Morgan fingerprint density at radius 2 is 1.65 bits per heavy atom. The zero-order valence-corrected chi connectivity index (χ0v) is 19.6. The zero-order valence-electron chi connectivity index (χ0n) is 19.6. The molecule has 3 aromatic rings. The molecule has 0 unspecified atom stereocenters. The van der Waals surface area contributed by atoms with Gasteiger partial charge in [-0.1, -0.05) is 68.7 Å². The highest BCUT2D eigenvalue weighted by molar-refractivity contribution is 6.03. The fraction of sp³-hybridized carbons (Fsp3) is 0.345. The van der Waals surface area contributed by atoms with E-state index >= 15 is 0 Å². The van der Waals surface area contributed by atoms with Crippen molar-refractivity contribution in [3.8, 4) is 22.6 Å². The summed E-state index contributed by atoms with van der Waals surface area (Å²) in [6.45, 7) is 2.14. The number of hydrogen-bond donors (Lipinski definition) is 3. The van der Waals surface area contributed by atoms with Gasteiger partial charge in [-0.2, -0.15) is 0 Å². The first-order chi connectivity index (χ1) is 16.5. The number of unbranched alkanes of at least 4 members (excludes halogenated alkanes) is 2. The molecule has 34 heavy (non-hydrogen) atoms. The predicted molar refractivity (Wildman–Crippen MR) is 135 cm³/mol. The number of nitrogens with zero attached hydrogens (tertiary/aromatic N) is 1. The van der Waals surface area contributed by atoms with E-state index < -0.39 is 6.10 Å². The maximum absolute atomic E-state index is 13.2. The van der Waals surface area contributed by atoms with E-state index in [0.29, 0.717) is 18.4 Å². The van der Waals surface area contributed by atoms with Crippen molar-refractivity contribution in [1.29, 1.82) is 0 Å². The number of para-hydroxylation sites is 1. The summed E-state index contributed by atoms with van der Waals surface area (Å²) in [7, 11) is 0. The molecule has 3 N–H and O–H groups in total. The van der Waals surface area contributed by atoms with E-state index in [-0.39, 0.29) is 29.4 Å². The third-order valence-corrected chi connectivity index (χ3v) is 6.73. The molecule has 1 fully saturated rings. The Hall–Kier alpha value is -3.31. The highest BCUT2D eigenvalue weighted by Gasteiger charge is 2.49. The van der Waals surface area contributed by atoms with Crippen LogP contribution in [0, 0.1) is 5.92 Å². The monoisotopic (exact) mass is 459 g/mol. The Labute approximate surface area is 201 Å². The summed E-state index contributed by atoms with van der Waals surface area (Å²) in [6, 6.07) is 21.6. The van der Waals surface area contributed by atoms with E-state index in [1.807, 2.05) is 48.5 Å². The van der Waals surface area contributed by atoms with Crippen LogP contribution in [0.2, 0.25) is 0 Å². The van der Waals surface area contributed by atoms with Crippen molar-refractivity contribution < 1.29 is 20.1 Å². The molecular weight excluding hydrogens is 426 g/mol. The molecule has 0 spiro atoms. The van der Waals surface area contributed by atoms with Crippen LogP contribution in [-0.2, 0) is 4.79 Å². The van der Waals surface area contributed by atoms with E-state index in [9.17, 15) is 20.1 Å². The van der Waals surface area contributed by atoms with E-state index in [4.69, 9.17) is 0 Å². The van der Waals surface area contributed by atoms with E-state index in [1.165, 1.54) is 0 Å². The predicted octanol–water partition coefficient (Wildman–Crippen LogP) is 6.19. The summed E-state index contributed by atoms with van der Waals surface area (Å²) in [6.07, 6.45) is 4.70. The molecule has 5 nitrogen and oxygen atoms in total. The number of phenolic OH excluding ortho intramolecular Hbond substituents is 2. The molecule has 1 aliphatic heterocycles. The molecule has 0 aromatic heterocycles. The van der Waals surface area contributed by atoms with Crippen molar-refractivity contribution in [2.45, 2.75) is 57.6 Å². The van der Waals surface area contributed by atoms with Crippen molar-refractivity contribution in [1.82, 2.24) is 0 Å². The summed E-state index contributed by atoms with van der Waals surface area (Å²) in [4.78, 5) is 14.9. The standard InChI is InChI=1S/C29H33NO4/c1-2-3-5-12-23(31)15-17-26-28(30(29(26)34)22-10-6-4-7-11-22)25-16-14-21(19-27(25)33)20-9-8-13-24(32)18-20/h4,6-11,13-14,16,18-19,23,26,28,31-33H,2-3,5,12,15,17H2,1H3/t23-,26+,28+/m0/s1. The van der Waals surface area contributed by atoms with Gasteiger partial charge in [0.2, 0.25) is 5.91 Å². The second kappa shape index (κ2) is 10.7. The Balaban J connectivity index is 1.58. The number of benzene rings is 3. The second-order valence-electron chi connectivity index (χ2n) is 9.15.